The molecule has 1 saturated heterocycles. The summed E-state index contributed by atoms with van der Waals surface area (Å²) in [6.07, 6.45) is 46.1. The summed E-state index contributed by atoms with van der Waals surface area (Å²) in [4.78, 5) is 25.5. The average molecular weight is 923 g/mol. The summed E-state index contributed by atoms with van der Waals surface area (Å²) in [5, 5.41) is 40.3. The Morgan fingerprint density at radius 1 is 0.477 bits per heavy atom. The van der Waals surface area contributed by atoms with Crippen LogP contribution in [0.1, 0.15) is 258 Å². The van der Waals surface area contributed by atoms with Crippen molar-refractivity contribution in [2.45, 2.75) is 295 Å². The SMILES string of the molecule is CCCCC/C=C/C/C=C/CCCCCCCCCCCC(=O)O[C@@H](COC(=O)CCCCCCCCCCCCCCCCCCCCCCC)CO[C@H]1O[C@@H](CO)[C@@H](O)C(O)C1O. The van der Waals surface area contributed by atoms with Crippen molar-refractivity contribution in [2.24, 2.45) is 0 Å². The zero-order valence-electron chi connectivity index (χ0n) is 42.0. The third-order valence-corrected chi connectivity index (χ3v) is 12.8. The van der Waals surface area contributed by atoms with Crippen molar-refractivity contribution < 1.29 is 49.0 Å². The molecule has 0 aliphatic carbocycles. The van der Waals surface area contributed by atoms with E-state index in [1.807, 2.05) is 0 Å². The predicted molar refractivity (Wildman–Crippen MR) is 266 cm³/mol. The van der Waals surface area contributed by atoms with Gasteiger partial charge in [-0.05, 0) is 44.9 Å². The predicted octanol–water partition coefficient (Wildman–Crippen LogP) is 13.2. The normalized spacial score (nSPS) is 19.4. The second-order valence-electron chi connectivity index (χ2n) is 19.0. The summed E-state index contributed by atoms with van der Waals surface area (Å²) >= 11 is 0. The number of rotatable bonds is 47. The largest absolute Gasteiger partial charge is 0.462 e. The standard InChI is InChI=1S/C55H102O10/c1-3-5-7-9-11-13-15-17-19-21-23-24-26-27-29-31-33-35-37-39-41-43-50(57)62-46-48(47-63-55-54(61)53(60)52(59)49(45-56)65-55)64-51(58)44-42-40-38-36-34-32-30-28-25-22-20-18-16-14-12-10-8-6-4-2/h12,14,18,20,48-49,52-56,59-61H,3-11,13,15-17,19,21-47H2,1-2H3/b14-12+,20-18+/t48-,49-,52+,53?,54?,55-/m0/s1. The fraction of sp³-hybridized carbons (Fsp3) is 0.891. The van der Waals surface area contributed by atoms with Crippen LogP contribution in [0.3, 0.4) is 0 Å². The van der Waals surface area contributed by atoms with Crippen molar-refractivity contribution in [3.8, 4) is 0 Å². The fourth-order valence-electron chi connectivity index (χ4n) is 8.52. The summed E-state index contributed by atoms with van der Waals surface area (Å²) in [5.41, 5.74) is 0. The van der Waals surface area contributed by atoms with E-state index in [-0.39, 0.29) is 32.0 Å². The Hall–Kier alpha value is -1.82. The number of hydrogen-bond acceptors (Lipinski definition) is 10. The molecule has 6 atom stereocenters. The van der Waals surface area contributed by atoms with E-state index in [1.165, 1.54) is 173 Å². The van der Waals surface area contributed by atoms with Gasteiger partial charge in [0.15, 0.2) is 12.4 Å². The Kier molecular flexibility index (Phi) is 43.2. The Morgan fingerprint density at radius 2 is 0.862 bits per heavy atom. The van der Waals surface area contributed by atoms with Crippen LogP contribution in [0.15, 0.2) is 24.3 Å². The lowest BCUT2D eigenvalue weighted by Crippen LogP contribution is -2.59. The molecule has 1 aliphatic rings. The highest BCUT2D eigenvalue weighted by Crippen LogP contribution is 2.23. The second kappa shape index (κ2) is 45.9. The van der Waals surface area contributed by atoms with Crippen LogP contribution in [-0.2, 0) is 28.5 Å². The van der Waals surface area contributed by atoms with Crippen LogP contribution >= 0.6 is 0 Å². The van der Waals surface area contributed by atoms with Crippen LogP contribution in [0.2, 0.25) is 0 Å². The highest BCUT2D eigenvalue weighted by atomic mass is 16.7. The molecule has 0 amide bonds. The first-order chi connectivity index (χ1) is 31.8. The maximum atomic E-state index is 12.8. The van der Waals surface area contributed by atoms with E-state index in [4.69, 9.17) is 18.9 Å². The number of unbranched alkanes of at least 4 members (excludes halogenated alkanes) is 32. The van der Waals surface area contributed by atoms with Gasteiger partial charge in [0.2, 0.25) is 0 Å². The van der Waals surface area contributed by atoms with Crippen LogP contribution in [0.4, 0.5) is 0 Å². The number of hydrogen-bond donors (Lipinski definition) is 4. The van der Waals surface area contributed by atoms with Crippen LogP contribution in [-0.4, -0.2) is 89.0 Å². The van der Waals surface area contributed by atoms with Gasteiger partial charge in [0.05, 0.1) is 13.2 Å². The third kappa shape index (κ3) is 36.8. The van der Waals surface area contributed by atoms with Crippen molar-refractivity contribution in [1.82, 2.24) is 0 Å². The molecule has 65 heavy (non-hydrogen) atoms. The van der Waals surface area contributed by atoms with Gasteiger partial charge < -0.3 is 39.4 Å². The second-order valence-corrected chi connectivity index (χ2v) is 19.0. The first-order valence-corrected chi connectivity index (χ1v) is 27.4. The van der Waals surface area contributed by atoms with Crippen molar-refractivity contribution in [3.63, 3.8) is 0 Å². The summed E-state index contributed by atoms with van der Waals surface area (Å²) in [6.45, 7) is 3.44. The quantitative estimate of drug-likeness (QED) is 0.0264. The highest BCUT2D eigenvalue weighted by Gasteiger charge is 2.44. The average Bonchev–Trinajstić information content (AvgIpc) is 3.30. The molecule has 382 valence electrons. The Labute approximate surface area is 398 Å². The maximum absolute atomic E-state index is 12.8. The molecule has 0 radical (unpaired) electrons. The summed E-state index contributed by atoms with van der Waals surface area (Å²) in [6, 6.07) is 0. The van der Waals surface area contributed by atoms with Crippen LogP contribution in [0.25, 0.3) is 0 Å². The van der Waals surface area contributed by atoms with Gasteiger partial charge >= 0.3 is 11.9 Å². The van der Waals surface area contributed by atoms with E-state index in [9.17, 15) is 30.0 Å². The minimum absolute atomic E-state index is 0.214. The molecule has 1 rings (SSSR count). The van der Waals surface area contributed by atoms with Crippen molar-refractivity contribution in [1.29, 1.82) is 0 Å². The first kappa shape index (κ1) is 61.2. The van der Waals surface area contributed by atoms with Gasteiger partial charge in [0.25, 0.3) is 0 Å². The Bertz CT molecular complexity index is 1110. The third-order valence-electron chi connectivity index (χ3n) is 12.8. The Morgan fingerprint density at radius 3 is 1.31 bits per heavy atom. The smallest absolute Gasteiger partial charge is 0.306 e. The zero-order chi connectivity index (χ0) is 47.3. The first-order valence-electron chi connectivity index (χ1n) is 27.4. The van der Waals surface area contributed by atoms with E-state index in [1.54, 1.807) is 0 Å². The molecule has 4 N–H and O–H groups in total. The summed E-state index contributed by atoms with van der Waals surface area (Å²) in [5.74, 6) is -0.796. The molecule has 1 fully saturated rings. The number of carbonyl (C=O) groups excluding carboxylic acids is 2. The lowest BCUT2D eigenvalue weighted by Gasteiger charge is -2.39. The summed E-state index contributed by atoms with van der Waals surface area (Å²) < 4.78 is 22.3. The zero-order valence-corrected chi connectivity index (χ0v) is 42.0. The number of esters is 2. The van der Waals surface area contributed by atoms with E-state index in [0.717, 1.165) is 51.4 Å². The number of aliphatic hydroxyl groups is 4. The molecule has 0 bridgehead atoms. The molecule has 2 unspecified atom stereocenters. The van der Waals surface area contributed by atoms with Gasteiger partial charge in [-0.15, -0.1) is 0 Å². The van der Waals surface area contributed by atoms with E-state index < -0.39 is 49.4 Å². The Balaban J connectivity index is 2.22. The summed E-state index contributed by atoms with van der Waals surface area (Å²) in [7, 11) is 0. The van der Waals surface area contributed by atoms with Crippen molar-refractivity contribution in [3.05, 3.63) is 24.3 Å². The van der Waals surface area contributed by atoms with Gasteiger partial charge in [0.1, 0.15) is 31.0 Å². The minimum Gasteiger partial charge on any atom is -0.462 e. The van der Waals surface area contributed by atoms with Crippen molar-refractivity contribution in [2.75, 3.05) is 19.8 Å². The van der Waals surface area contributed by atoms with Gasteiger partial charge in [-0.1, -0.05) is 224 Å². The van der Waals surface area contributed by atoms with Gasteiger partial charge in [-0.25, -0.2) is 0 Å². The lowest BCUT2D eigenvalue weighted by atomic mass is 9.99. The molecular weight excluding hydrogens is 821 g/mol. The molecule has 0 aromatic carbocycles. The monoisotopic (exact) mass is 923 g/mol. The van der Waals surface area contributed by atoms with Crippen LogP contribution in [0.5, 0.6) is 0 Å². The molecule has 0 aromatic heterocycles. The molecule has 10 heteroatoms. The van der Waals surface area contributed by atoms with E-state index in [0.29, 0.717) is 6.42 Å². The molecule has 10 nitrogen and oxygen atoms in total. The number of allylic oxidation sites excluding steroid dienone is 4. The van der Waals surface area contributed by atoms with E-state index in [2.05, 4.69) is 38.2 Å². The van der Waals surface area contributed by atoms with Crippen LogP contribution in [0, 0.1) is 0 Å². The highest BCUT2D eigenvalue weighted by molar-refractivity contribution is 5.70. The number of carbonyl (C=O) groups is 2. The van der Waals surface area contributed by atoms with Crippen molar-refractivity contribution >= 4 is 11.9 Å². The number of ether oxygens (including phenoxy) is 4. The molecule has 0 spiro atoms. The van der Waals surface area contributed by atoms with Crippen LogP contribution < -0.4 is 0 Å². The molecule has 0 aromatic rings. The molecule has 1 heterocycles. The molecule has 1 aliphatic heterocycles. The lowest BCUT2D eigenvalue weighted by molar-refractivity contribution is -0.305. The van der Waals surface area contributed by atoms with Gasteiger partial charge in [0, 0.05) is 12.8 Å². The van der Waals surface area contributed by atoms with Gasteiger partial charge in [-0.3, -0.25) is 9.59 Å². The molecular formula is C55H102O10. The maximum Gasteiger partial charge on any atom is 0.306 e. The fourth-order valence-corrected chi connectivity index (χ4v) is 8.52. The minimum atomic E-state index is -1.59. The van der Waals surface area contributed by atoms with E-state index >= 15 is 0 Å². The molecule has 0 saturated carbocycles. The number of aliphatic hydroxyl groups excluding tert-OH is 4. The topological polar surface area (TPSA) is 152 Å². The van der Waals surface area contributed by atoms with Gasteiger partial charge in [-0.2, -0.15) is 0 Å².